The lowest BCUT2D eigenvalue weighted by Crippen LogP contribution is -2.56. The molecule has 5 rings (SSSR count). The van der Waals surface area contributed by atoms with Gasteiger partial charge < -0.3 is 20.0 Å². The number of thioether (sulfide) groups is 1. The number of rotatable bonds is 8. The average molecular weight is 535 g/mol. The predicted molar refractivity (Wildman–Crippen MR) is 148 cm³/mol. The molecule has 3 aliphatic heterocycles. The van der Waals surface area contributed by atoms with Gasteiger partial charge in [0.25, 0.3) is 5.91 Å². The van der Waals surface area contributed by atoms with E-state index in [9.17, 15) is 24.6 Å². The lowest BCUT2D eigenvalue weighted by atomic mass is 9.66. The van der Waals surface area contributed by atoms with Crippen LogP contribution in [0.3, 0.4) is 0 Å². The van der Waals surface area contributed by atoms with E-state index in [4.69, 9.17) is 0 Å². The molecule has 38 heavy (non-hydrogen) atoms. The zero-order valence-electron chi connectivity index (χ0n) is 22.0. The molecule has 2 bridgehead atoms. The third kappa shape index (κ3) is 3.72. The number of benzene rings is 2. The second kappa shape index (κ2) is 9.58. The van der Waals surface area contributed by atoms with Crippen LogP contribution in [0.1, 0.15) is 42.5 Å². The van der Waals surface area contributed by atoms with Gasteiger partial charge in [-0.2, -0.15) is 0 Å². The number of hydrogen-bond acceptors (Lipinski definition) is 5. The van der Waals surface area contributed by atoms with Crippen LogP contribution in [-0.4, -0.2) is 61.6 Å². The first-order valence-corrected chi connectivity index (χ1v) is 13.8. The number of likely N-dealkylation sites (tertiary alicyclic amines) is 1. The van der Waals surface area contributed by atoms with Gasteiger partial charge in [-0.25, -0.2) is 0 Å². The number of para-hydroxylation sites is 1. The number of aliphatic hydroxyl groups excluding tert-OH is 1. The van der Waals surface area contributed by atoms with Crippen molar-refractivity contribution in [3.63, 3.8) is 0 Å². The molecule has 2 amide bonds. The molecule has 1 spiro atoms. The zero-order valence-corrected chi connectivity index (χ0v) is 22.8. The topological polar surface area (TPSA) is 98.2 Å². The molecule has 0 aromatic heterocycles. The molecule has 0 saturated carbocycles. The molecule has 3 heterocycles. The fourth-order valence-electron chi connectivity index (χ4n) is 7.18. The maximum atomic E-state index is 14.8. The molecule has 3 fully saturated rings. The van der Waals surface area contributed by atoms with E-state index in [1.165, 1.54) is 16.7 Å². The molecule has 2 aromatic carbocycles. The average Bonchev–Trinajstić information content (AvgIpc) is 3.45. The molecule has 3 aliphatic rings. The highest BCUT2D eigenvalue weighted by atomic mass is 32.2. The third-order valence-corrected chi connectivity index (χ3v) is 10.7. The van der Waals surface area contributed by atoms with Gasteiger partial charge in [0.1, 0.15) is 6.04 Å². The number of carbonyl (C=O) groups excluding carboxylic acids is 2. The van der Waals surface area contributed by atoms with E-state index >= 15 is 0 Å². The van der Waals surface area contributed by atoms with Crippen molar-refractivity contribution in [2.75, 3.05) is 18.1 Å². The van der Waals surface area contributed by atoms with E-state index in [1.54, 1.807) is 11.0 Å². The third-order valence-electron chi connectivity index (χ3n) is 8.69. The summed E-state index contributed by atoms with van der Waals surface area (Å²) in [6.07, 6.45) is 2.83. The van der Waals surface area contributed by atoms with Gasteiger partial charge in [0.15, 0.2) is 0 Å². The Hall–Kier alpha value is -3.10. The van der Waals surface area contributed by atoms with Gasteiger partial charge in [-0.05, 0) is 50.3 Å². The van der Waals surface area contributed by atoms with Crippen molar-refractivity contribution < 1.29 is 24.6 Å². The first-order chi connectivity index (χ1) is 18.1. The standard InChI is InChI=1S/C30H34N2O5S/c1-5-16-31(24-18(2)10-9-11-19(24)3)27(35)25-30-15-14-29(4,38-30)23(28(36)37)22(30)26(34)32(25)21(17-33)20-12-7-6-8-13-20/h5-13,21-23,25,33H,1,14-17H2,2-4H3,(H,36,37)/t21-,22+,23+,25?,29-,30?/m1/s1. The van der Waals surface area contributed by atoms with E-state index in [0.29, 0.717) is 18.4 Å². The smallest absolute Gasteiger partial charge is 0.308 e. The summed E-state index contributed by atoms with van der Waals surface area (Å²) in [5.41, 5.74) is 3.32. The van der Waals surface area contributed by atoms with Gasteiger partial charge in [0, 0.05) is 17.0 Å². The number of aliphatic carboxylic acids is 1. The Morgan fingerprint density at radius 2 is 1.82 bits per heavy atom. The molecule has 2 N–H and O–H groups in total. The van der Waals surface area contributed by atoms with Crippen molar-refractivity contribution in [1.82, 2.24) is 4.90 Å². The Kier molecular flexibility index (Phi) is 6.68. The van der Waals surface area contributed by atoms with Crippen molar-refractivity contribution in [3.8, 4) is 0 Å². The van der Waals surface area contributed by atoms with Crippen molar-refractivity contribution >= 4 is 35.2 Å². The maximum absolute atomic E-state index is 14.8. The van der Waals surface area contributed by atoms with E-state index < -0.39 is 39.4 Å². The van der Waals surface area contributed by atoms with Crippen LogP contribution in [0.4, 0.5) is 5.69 Å². The molecular weight excluding hydrogens is 500 g/mol. The van der Waals surface area contributed by atoms with Crippen LogP contribution < -0.4 is 4.90 Å². The second-order valence-corrected chi connectivity index (χ2v) is 12.8. The molecule has 0 radical (unpaired) electrons. The number of aliphatic hydroxyl groups is 1. The van der Waals surface area contributed by atoms with Gasteiger partial charge in [-0.15, -0.1) is 18.3 Å². The number of carbonyl (C=O) groups is 3. The van der Waals surface area contributed by atoms with Gasteiger partial charge >= 0.3 is 5.97 Å². The fraction of sp³-hybridized carbons (Fsp3) is 0.433. The van der Waals surface area contributed by atoms with Gasteiger partial charge in [-0.3, -0.25) is 14.4 Å². The van der Waals surface area contributed by atoms with Gasteiger partial charge in [0.05, 0.1) is 29.2 Å². The number of anilines is 1. The van der Waals surface area contributed by atoms with E-state index in [-0.39, 0.29) is 25.0 Å². The molecule has 2 aromatic rings. The van der Waals surface area contributed by atoms with Crippen molar-refractivity contribution in [2.24, 2.45) is 11.8 Å². The van der Waals surface area contributed by atoms with Crippen molar-refractivity contribution in [2.45, 2.75) is 55.2 Å². The van der Waals surface area contributed by atoms with E-state index in [2.05, 4.69) is 6.58 Å². The summed E-state index contributed by atoms with van der Waals surface area (Å²) in [6.45, 7) is 9.55. The van der Waals surface area contributed by atoms with Crippen LogP contribution >= 0.6 is 11.8 Å². The lowest BCUT2D eigenvalue weighted by Gasteiger charge is -2.40. The van der Waals surface area contributed by atoms with Gasteiger partial charge in [-0.1, -0.05) is 54.6 Å². The summed E-state index contributed by atoms with van der Waals surface area (Å²) >= 11 is 1.50. The second-order valence-electron chi connectivity index (χ2n) is 10.9. The summed E-state index contributed by atoms with van der Waals surface area (Å²) in [6, 6.07) is 13.3. The lowest BCUT2D eigenvalue weighted by molar-refractivity contribution is -0.150. The minimum Gasteiger partial charge on any atom is -0.481 e. The highest BCUT2D eigenvalue weighted by molar-refractivity contribution is 8.02. The predicted octanol–water partition coefficient (Wildman–Crippen LogP) is 4.12. The number of fused-ring (bicyclic) bond motifs is 1. The van der Waals surface area contributed by atoms with E-state index in [0.717, 1.165) is 16.8 Å². The normalized spacial score (nSPS) is 30.3. The summed E-state index contributed by atoms with van der Waals surface area (Å²) in [5, 5.41) is 20.9. The molecule has 3 saturated heterocycles. The monoisotopic (exact) mass is 534 g/mol. The SMILES string of the molecule is C=CCN(C(=O)C1N([C@H](CO)c2ccccc2)C(=O)[C@@H]2[C@@H](C(=O)O)[C@@]3(C)CCC12S3)c1c(C)cccc1C. The minimum atomic E-state index is -1.01. The highest BCUT2D eigenvalue weighted by Gasteiger charge is 2.78. The molecule has 8 heteroatoms. The molecular formula is C30H34N2O5S. The number of carboxylic acid groups (broad SMARTS) is 1. The molecule has 6 atom stereocenters. The largest absolute Gasteiger partial charge is 0.481 e. The highest BCUT2D eigenvalue weighted by Crippen LogP contribution is 2.72. The number of hydrogen-bond donors (Lipinski definition) is 2. The number of nitrogens with zero attached hydrogens (tertiary/aromatic N) is 2. The Morgan fingerprint density at radius 1 is 1.16 bits per heavy atom. The summed E-state index contributed by atoms with van der Waals surface area (Å²) < 4.78 is -1.54. The first-order valence-electron chi connectivity index (χ1n) is 13.0. The van der Waals surface area contributed by atoms with Gasteiger partial charge in [0.2, 0.25) is 5.91 Å². The van der Waals surface area contributed by atoms with Crippen LogP contribution in [0.5, 0.6) is 0 Å². The fourth-order valence-corrected chi connectivity index (χ4v) is 9.51. The Balaban J connectivity index is 1.70. The van der Waals surface area contributed by atoms with Crippen molar-refractivity contribution in [3.05, 3.63) is 77.9 Å². The summed E-state index contributed by atoms with van der Waals surface area (Å²) in [5.74, 6) is -3.40. The Morgan fingerprint density at radius 3 is 2.39 bits per heavy atom. The quantitative estimate of drug-likeness (QED) is 0.495. The molecule has 2 unspecified atom stereocenters. The Labute approximate surface area is 227 Å². The summed E-state index contributed by atoms with van der Waals surface area (Å²) in [4.78, 5) is 44.9. The van der Waals surface area contributed by atoms with Crippen LogP contribution in [0.2, 0.25) is 0 Å². The first kappa shape index (κ1) is 26.5. The van der Waals surface area contributed by atoms with Crippen LogP contribution in [-0.2, 0) is 14.4 Å². The molecule has 200 valence electrons. The number of aryl methyl sites for hydroxylation is 2. The maximum Gasteiger partial charge on any atom is 0.308 e. The molecule has 7 nitrogen and oxygen atoms in total. The zero-order chi connectivity index (χ0) is 27.4. The van der Waals surface area contributed by atoms with Crippen LogP contribution in [0.25, 0.3) is 0 Å². The molecule has 0 aliphatic carbocycles. The number of carboxylic acids is 1. The number of amides is 2. The van der Waals surface area contributed by atoms with Crippen molar-refractivity contribution in [1.29, 1.82) is 0 Å². The Bertz CT molecular complexity index is 1280. The van der Waals surface area contributed by atoms with Crippen LogP contribution in [0, 0.1) is 25.7 Å². The van der Waals surface area contributed by atoms with Crippen LogP contribution in [0.15, 0.2) is 61.2 Å². The minimum absolute atomic E-state index is 0.239. The van der Waals surface area contributed by atoms with E-state index in [1.807, 2.05) is 69.3 Å². The summed E-state index contributed by atoms with van der Waals surface area (Å²) in [7, 11) is 0.